The minimum absolute atomic E-state index is 0.370. The van der Waals surface area contributed by atoms with Crippen LogP contribution < -0.4 is 0 Å². The molecule has 26 valence electrons. The molecule has 0 amide bonds. The van der Waals surface area contributed by atoms with Crippen LogP contribution >= 0.6 is 8.84 Å². The smallest absolute Gasteiger partial charge is 0.0943 e. The molecule has 0 heterocycles. The summed E-state index contributed by atoms with van der Waals surface area (Å²) in [5.41, 5.74) is 0. The lowest BCUT2D eigenvalue weighted by Gasteiger charge is -1.64. The molecule has 0 radical (unpaired) electrons. The summed E-state index contributed by atoms with van der Waals surface area (Å²) < 4.78 is 17.4. The molecule has 0 N–H and O–H groups in total. The van der Waals surface area contributed by atoms with Gasteiger partial charge in [0, 0.05) is 0 Å². The van der Waals surface area contributed by atoms with Crippen molar-refractivity contribution in [2.24, 2.45) is 0 Å². The summed E-state index contributed by atoms with van der Waals surface area (Å²) in [6, 6.07) is 0. The van der Waals surface area contributed by atoms with Gasteiger partial charge in [-0.05, 0) is 6.16 Å². The zero-order valence-corrected chi connectivity index (χ0v) is 3.43. The van der Waals surface area contributed by atoms with E-state index in [2.05, 4.69) is 0 Å². The molecule has 1 unspecified atom stereocenters. The molecule has 0 spiro atoms. The van der Waals surface area contributed by atoms with Crippen LogP contribution in [0.1, 0.15) is 6.92 Å². The van der Waals surface area contributed by atoms with Crippen LogP contribution in [-0.2, 0) is 0 Å². The maximum atomic E-state index is 11.2. The maximum Gasteiger partial charge on any atom is 0.0943 e. The van der Waals surface area contributed by atoms with E-state index in [1.165, 1.54) is 0 Å². The Morgan fingerprint density at radius 1 is 2.50 bits per heavy atom. The summed E-state index contributed by atoms with van der Waals surface area (Å²) in [6.07, 6.45) is 0.370. The molecule has 0 aliphatic heterocycles. The minimum atomic E-state index is -1.85. The van der Waals surface area contributed by atoms with Crippen LogP contribution in [0.15, 0.2) is 0 Å². The summed E-state index contributed by atoms with van der Waals surface area (Å²) >= 11 is 0. The molecule has 0 bridgehead atoms. The highest BCUT2D eigenvalue weighted by Gasteiger charge is 1.60. The molecule has 0 saturated carbocycles. The van der Waals surface area contributed by atoms with Gasteiger partial charge in [0.15, 0.2) is 0 Å². The minimum Gasteiger partial charge on any atom is -0.231 e. The van der Waals surface area contributed by atoms with E-state index in [9.17, 15) is 4.20 Å². The molecule has 0 aliphatic carbocycles. The van der Waals surface area contributed by atoms with Gasteiger partial charge in [-0.2, -0.15) is 0 Å². The topological polar surface area (TPSA) is 0 Å². The van der Waals surface area contributed by atoms with Crippen molar-refractivity contribution in [1.82, 2.24) is 0 Å². The average Bonchev–Trinajstić information content (AvgIpc) is 1.38. The van der Waals surface area contributed by atoms with Gasteiger partial charge in [-0.25, -0.2) is 4.20 Å². The zero-order chi connectivity index (χ0) is 4.28. The van der Waals surface area contributed by atoms with Crippen molar-refractivity contribution in [1.29, 1.82) is 1.28 Å². The number of hydrogen-bond donors (Lipinski definition) is 0. The van der Waals surface area contributed by atoms with Crippen molar-refractivity contribution in [2.75, 3.05) is 6.16 Å². The van der Waals surface area contributed by atoms with E-state index in [0.29, 0.717) is 6.16 Å². The Labute approximate surface area is 28.6 Å². The van der Waals surface area contributed by atoms with Crippen LogP contribution in [0.25, 0.3) is 0 Å². The highest BCUT2D eigenvalue weighted by molar-refractivity contribution is 7.31. The fourth-order valence-corrected chi connectivity index (χ4v) is 0. The van der Waals surface area contributed by atoms with Crippen molar-refractivity contribution in [2.45, 2.75) is 6.92 Å². The monoisotopic (exact) mass is 82.0 g/mol. The lowest BCUT2D eigenvalue weighted by molar-refractivity contribution is 0.915. The molecule has 2 heteroatoms. The summed E-state index contributed by atoms with van der Waals surface area (Å²) in [6.45, 7) is 1.67. The second-order valence-electron chi connectivity index (χ2n) is 0.436. The Hall–Kier alpha value is 0.360. The van der Waals surface area contributed by atoms with E-state index in [4.69, 9.17) is 1.28 Å². The van der Waals surface area contributed by atoms with Crippen LogP contribution in [0.2, 0.25) is 0 Å². The van der Waals surface area contributed by atoms with Gasteiger partial charge >= 0.3 is 0 Å². The van der Waals surface area contributed by atoms with E-state index in [0.717, 1.165) is 0 Å². The predicted octanol–water partition coefficient (Wildman–Crippen LogP) is 1.57. The van der Waals surface area contributed by atoms with E-state index >= 15 is 0 Å². The normalized spacial score (nSPS) is 19.0. The van der Waals surface area contributed by atoms with Crippen molar-refractivity contribution < 1.29 is 4.20 Å². The Bertz CT molecular complexity index is 23.6. The van der Waals surface area contributed by atoms with Gasteiger partial charge in [0.2, 0.25) is 0 Å². The van der Waals surface area contributed by atoms with Gasteiger partial charge in [0.05, 0.1) is 10.1 Å². The van der Waals surface area contributed by atoms with Gasteiger partial charge < -0.3 is 0 Å². The third kappa shape index (κ3) is 2.36. The Balaban J connectivity index is 2.54. The molecule has 0 aliphatic rings. The van der Waals surface area contributed by atoms with Crippen molar-refractivity contribution in [3.05, 3.63) is 0 Å². The fraction of sp³-hybridized carbons (Fsp3) is 1.00. The first kappa shape index (κ1) is 2.59. The molecule has 0 saturated heterocycles. The highest BCUT2D eigenvalue weighted by atomic mass is 31.1. The predicted molar refractivity (Wildman–Crippen MR) is 20.0 cm³/mol. The highest BCUT2D eigenvalue weighted by Crippen LogP contribution is 2.05. The van der Waals surface area contributed by atoms with Crippen LogP contribution in [0.3, 0.4) is 0 Å². The molecule has 0 aromatic carbocycles. The lowest BCUT2D eigenvalue weighted by Crippen LogP contribution is -1.42. The number of hydrogen-bond acceptors (Lipinski definition) is 0. The molecular weight excluding hydrogens is 74.0 g/mol. The maximum absolute atomic E-state index is 11.2. The van der Waals surface area contributed by atoms with E-state index in [-0.39, 0.29) is 0 Å². The van der Waals surface area contributed by atoms with Crippen molar-refractivity contribution >= 4 is 8.84 Å². The third-order valence-electron chi connectivity index (χ3n) is 0.120. The summed E-state index contributed by atoms with van der Waals surface area (Å²) in [5.74, 6) is 0. The van der Waals surface area contributed by atoms with Crippen molar-refractivity contribution in [3.63, 3.8) is 0 Å². The summed E-state index contributed by atoms with van der Waals surface area (Å²) in [5, 5.41) is 0. The summed E-state index contributed by atoms with van der Waals surface area (Å²) in [4.78, 5) is 0. The average molecular weight is 82.1 g/mol. The van der Waals surface area contributed by atoms with E-state index in [1.54, 1.807) is 6.92 Å². The first-order chi connectivity index (χ1) is 2.27. The molecular formula is C2H6FP. The lowest BCUT2D eigenvalue weighted by atomic mass is 11.0. The first-order valence-corrected chi connectivity index (χ1v) is 2.16. The van der Waals surface area contributed by atoms with E-state index < -0.39 is 8.84 Å². The Morgan fingerprint density at radius 3 is 2.75 bits per heavy atom. The molecule has 0 aromatic heterocycles. The SMILES string of the molecule is [3H]P(F)CC. The fourth-order valence-electron chi connectivity index (χ4n) is 0. The Morgan fingerprint density at radius 2 is 2.75 bits per heavy atom. The molecule has 0 fully saturated rings. The Kier molecular flexibility index (Phi) is 2.18. The molecule has 0 rings (SSSR count). The molecule has 0 nitrogen and oxygen atoms in total. The zero-order valence-electron chi connectivity index (χ0n) is 3.53. The first-order valence-electron chi connectivity index (χ1n) is 1.64. The van der Waals surface area contributed by atoms with Crippen LogP contribution in [0.5, 0.6) is 0 Å². The molecule has 4 heavy (non-hydrogen) atoms. The standard InChI is InChI=1S/C2H6FP/c1-2-4-3/h4H,2H2,1H3/i4T. The second-order valence-corrected chi connectivity index (χ2v) is 1.31. The van der Waals surface area contributed by atoms with Crippen LogP contribution in [-0.4, -0.2) is 7.44 Å². The van der Waals surface area contributed by atoms with Gasteiger partial charge in [-0.15, -0.1) is 0 Å². The van der Waals surface area contributed by atoms with Gasteiger partial charge in [0.1, 0.15) is 0 Å². The van der Waals surface area contributed by atoms with Gasteiger partial charge in [0.25, 0.3) is 0 Å². The third-order valence-corrected chi connectivity index (χ3v) is 0.359. The van der Waals surface area contributed by atoms with Crippen molar-refractivity contribution in [3.8, 4) is 0 Å². The largest absolute Gasteiger partial charge is 0.231 e. The van der Waals surface area contributed by atoms with Gasteiger partial charge in [-0.1, -0.05) is 6.92 Å². The number of halogens is 1. The summed E-state index contributed by atoms with van der Waals surface area (Å²) in [7, 11) is -1.85. The van der Waals surface area contributed by atoms with Gasteiger partial charge in [-0.3, -0.25) is 0 Å². The number of rotatable bonds is 1. The molecule has 1 atom stereocenters. The molecule has 0 aromatic rings. The van der Waals surface area contributed by atoms with E-state index in [1.807, 2.05) is 0 Å². The second kappa shape index (κ2) is 3.36. The van der Waals surface area contributed by atoms with Crippen LogP contribution in [0.4, 0.5) is 4.20 Å². The quantitative estimate of drug-likeness (QED) is 0.421. The van der Waals surface area contributed by atoms with Crippen LogP contribution in [0, 0.1) is 0 Å².